The normalized spacial score (nSPS) is 19.8. The third-order valence-corrected chi connectivity index (χ3v) is 7.16. The van der Waals surface area contributed by atoms with E-state index in [1.54, 1.807) is 36.4 Å². The number of aromatic nitrogens is 4. The molecule has 7 nitrogen and oxygen atoms in total. The molecule has 5 rings (SSSR count). The second-order valence-electron chi connectivity index (χ2n) is 8.19. The molecule has 1 aliphatic rings. The first-order valence-electron chi connectivity index (χ1n) is 11.0. The Balaban J connectivity index is 1.28. The number of imidazole rings is 2. The molecule has 0 spiro atoms. The van der Waals surface area contributed by atoms with E-state index in [1.165, 1.54) is 0 Å². The highest BCUT2D eigenvalue weighted by atomic mass is 35.5. The molecule has 3 heterocycles. The van der Waals surface area contributed by atoms with Gasteiger partial charge in [0, 0.05) is 35.6 Å². The zero-order valence-corrected chi connectivity index (χ0v) is 21.6. The molecule has 182 valence electrons. The summed E-state index contributed by atoms with van der Waals surface area (Å²) in [4.78, 5) is 8.57. The van der Waals surface area contributed by atoms with E-state index >= 15 is 0 Å². The van der Waals surface area contributed by atoms with Crippen LogP contribution in [0.25, 0.3) is 11.3 Å². The lowest BCUT2D eigenvalue weighted by molar-refractivity contribution is -0.189. The summed E-state index contributed by atoms with van der Waals surface area (Å²) in [6.45, 7) is 1.08. The number of benzene rings is 2. The predicted octanol–water partition coefficient (Wildman–Crippen LogP) is 5.66. The van der Waals surface area contributed by atoms with Gasteiger partial charge in [0.15, 0.2) is 5.16 Å². The molecular weight excluding hydrogens is 507 g/mol. The smallest absolute Gasteiger partial charge is 0.215 e. The lowest BCUT2D eigenvalue weighted by atomic mass is 10.1. The Bertz CT molecular complexity index is 1300. The molecule has 0 unspecified atom stereocenters. The zero-order valence-electron chi connectivity index (χ0n) is 19.2. The SMILES string of the molecule is CSc1ncc(-c2ccc(OC[C@@H]3CO[C@@](Cn4ccnc4)(c4ccc(Cl)cc4Cl)O3)cc2)n1C. The van der Waals surface area contributed by atoms with Crippen molar-refractivity contribution in [3.8, 4) is 17.0 Å². The molecule has 1 saturated heterocycles. The zero-order chi connectivity index (χ0) is 24.4. The Kier molecular flexibility index (Phi) is 7.09. The van der Waals surface area contributed by atoms with E-state index in [2.05, 4.69) is 14.5 Å². The summed E-state index contributed by atoms with van der Waals surface area (Å²) < 4.78 is 22.7. The summed E-state index contributed by atoms with van der Waals surface area (Å²) in [7, 11) is 2.01. The Labute approximate surface area is 217 Å². The van der Waals surface area contributed by atoms with Crippen molar-refractivity contribution in [3.63, 3.8) is 0 Å². The summed E-state index contributed by atoms with van der Waals surface area (Å²) in [5.74, 6) is -0.323. The van der Waals surface area contributed by atoms with Gasteiger partial charge in [0.25, 0.3) is 0 Å². The van der Waals surface area contributed by atoms with Gasteiger partial charge >= 0.3 is 0 Å². The van der Waals surface area contributed by atoms with E-state index in [1.807, 2.05) is 60.6 Å². The second-order valence-corrected chi connectivity index (χ2v) is 9.80. The molecule has 2 aromatic heterocycles. The molecule has 1 fully saturated rings. The molecule has 2 atom stereocenters. The van der Waals surface area contributed by atoms with Crippen LogP contribution in [-0.2, 0) is 28.9 Å². The van der Waals surface area contributed by atoms with Crippen LogP contribution in [0.3, 0.4) is 0 Å². The van der Waals surface area contributed by atoms with Gasteiger partial charge in [-0.05, 0) is 42.7 Å². The van der Waals surface area contributed by atoms with E-state index in [0.717, 1.165) is 22.2 Å². The third kappa shape index (κ3) is 5.08. The second kappa shape index (κ2) is 10.2. The van der Waals surface area contributed by atoms with Gasteiger partial charge in [0.1, 0.15) is 18.5 Å². The molecule has 1 aliphatic heterocycles. The topological polar surface area (TPSA) is 63.3 Å². The monoisotopic (exact) mass is 530 g/mol. The number of hydrogen-bond acceptors (Lipinski definition) is 6. The fourth-order valence-corrected chi connectivity index (χ4v) is 5.22. The van der Waals surface area contributed by atoms with Crippen LogP contribution in [0.5, 0.6) is 5.75 Å². The molecule has 2 aromatic carbocycles. The molecule has 10 heteroatoms. The Hall–Kier alpha value is -2.49. The first-order chi connectivity index (χ1) is 17.0. The van der Waals surface area contributed by atoms with Crippen molar-refractivity contribution in [2.45, 2.75) is 23.6 Å². The summed E-state index contributed by atoms with van der Waals surface area (Å²) in [5, 5.41) is 2.00. The summed E-state index contributed by atoms with van der Waals surface area (Å²) in [6.07, 6.45) is 8.90. The summed E-state index contributed by atoms with van der Waals surface area (Å²) in [5.41, 5.74) is 2.84. The molecule has 0 amide bonds. The Morgan fingerprint density at radius 1 is 1.20 bits per heavy atom. The van der Waals surface area contributed by atoms with Crippen LogP contribution in [0.4, 0.5) is 0 Å². The average molecular weight is 531 g/mol. The highest BCUT2D eigenvalue weighted by Gasteiger charge is 2.45. The van der Waals surface area contributed by atoms with E-state index in [4.69, 9.17) is 37.4 Å². The minimum atomic E-state index is -1.07. The number of rotatable bonds is 8. The van der Waals surface area contributed by atoms with Crippen LogP contribution in [0.2, 0.25) is 10.0 Å². The van der Waals surface area contributed by atoms with Gasteiger partial charge in [-0.1, -0.05) is 41.0 Å². The van der Waals surface area contributed by atoms with Crippen LogP contribution in [0.15, 0.2) is 72.5 Å². The molecule has 0 aliphatic carbocycles. The van der Waals surface area contributed by atoms with E-state index in [-0.39, 0.29) is 6.10 Å². The van der Waals surface area contributed by atoms with Crippen LogP contribution in [0.1, 0.15) is 5.56 Å². The molecule has 0 saturated carbocycles. The molecule has 0 bridgehead atoms. The predicted molar refractivity (Wildman–Crippen MR) is 137 cm³/mol. The Morgan fingerprint density at radius 2 is 2.03 bits per heavy atom. The maximum absolute atomic E-state index is 6.54. The lowest BCUT2D eigenvalue weighted by Crippen LogP contribution is -2.34. The average Bonchev–Trinajstić information content (AvgIpc) is 3.59. The van der Waals surface area contributed by atoms with Gasteiger partial charge in [-0.25, -0.2) is 9.97 Å². The minimum Gasteiger partial charge on any atom is -0.491 e. The van der Waals surface area contributed by atoms with Crippen molar-refractivity contribution < 1.29 is 14.2 Å². The van der Waals surface area contributed by atoms with E-state index in [9.17, 15) is 0 Å². The number of ether oxygens (including phenoxy) is 3. The lowest BCUT2D eigenvalue weighted by Gasteiger charge is -2.30. The van der Waals surface area contributed by atoms with Crippen LogP contribution >= 0.6 is 35.0 Å². The van der Waals surface area contributed by atoms with Crippen molar-refractivity contribution in [2.75, 3.05) is 19.5 Å². The summed E-state index contributed by atoms with van der Waals surface area (Å²) >= 11 is 14.3. The van der Waals surface area contributed by atoms with Gasteiger partial charge < -0.3 is 23.3 Å². The third-order valence-electron chi connectivity index (χ3n) is 5.86. The van der Waals surface area contributed by atoms with Gasteiger partial charge in [0.2, 0.25) is 5.79 Å². The number of hydrogen-bond donors (Lipinski definition) is 0. The van der Waals surface area contributed by atoms with Crippen molar-refractivity contribution >= 4 is 35.0 Å². The molecule has 35 heavy (non-hydrogen) atoms. The quantitative estimate of drug-likeness (QED) is 0.274. The van der Waals surface area contributed by atoms with Crippen molar-refractivity contribution in [1.29, 1.82) is 0 Å². The molecule has 4 aromatic rings. The van der Waals surface area contributed by atoms with Crippen LogP contribution in [0, 0.1) is 0 Å². The minimum absolute atomic E-state index is 0.286. The summed E-state index contributed by atoms with van der Waals surface area (Å²) in [6, 6.07) is 13.3. The standard InChI is InChI=1S/C25H24Cl2N4O3S/c1-30-23(12-29-24(30)35-2)17-3-6-19(7-4-17)32-13-20-14-33-25(34-20,15-31-10-9-28-16-31)21-8-5-18(26)11-22(21)27/h3-12,16,20H,13-15H2,1-2H3/t20-,25-/m1/s1. The first-order valence-corrected chi connectivity index (χ1v) is 13.0. The van der Waals surface area contributed by atoms with E-state index < -0.39 is 5.79 Å². The number of thioether (sulfide) groups is 1. The highest BCUT2D eigenvalue weighted by Crippen LogP contribution is 2.40. The molecule has 0 N–H and O–H groups in total. The van der Waals surface area contributed by atoms with Crippen LogP contribution in [-0.4, -0.2) is 44.7 Å². The Morgan fingerprint density at radius 3 is 2.71 bits per heavy atom. The molecular formula is C25H24Cl2N4O3S. The fraction of sp³-hybridized carbons (Fsp3) is 0.280. The fourth-order valence-electron chi connectivity index (χ4n) is 4.14. The first kappa shape index (κ1) is 24.2. The van der Waals surface area contributed by atoms with Crippen LogP contribution < -0.4 is 4.74 Å². The van der Waals surface area contributed by atoms with Crippen molar-refractivity contribution in [2.24, 2.45) is 7.05 Å². The van der Waals surface area contributed by atoms with Gasteiger partial charge in [0.05, 0.1) is 36.4 Å². The number of nitrogens with zero attached hydrogens (tertiary/aromatic N) is 4. The van der Waals surface area contributed by atoms with Gasteiger partial charge in [-0.2, -0.15) is 0 Å². The maximum Gasteiger partial charge on any atom is 0.215 e. The number of halogens is 2. The maximum atomic E-state index is 6.54. The highest BCUT2D eigenvalue weighted by molar-refractivity contribution is 7.98. The van der Waals surface area contributed by atoms with Gasteiger partial charge in [-0.15, -0.1) is 0 Å². The van der Waals surface area contributed by atoms with E-state index in [0.29, 0.717) is 35.4 Å². The van der Waals surface area contributed by atoms with Gasteiger partial charge in [-0.3, -0.25) is 0 Å². The largest absolute Gasteiger partial charge is 0.491 e. The molecule has 0 radical (unpaired) electrons. The van der Waals surface area contributed by atoms with Crippen molar-refractivity contribution in [3.05, 3.63) is 83.0 Å². The van der Waals surface area contributed by atoms with Crippen molar-refractivity contribution in [1.82, 2.24) is 19.1 Å².